The molecule has 5 heteroatoms. The van der Waals surface area contributed by atoms with E-state index in [9.17, 15) is 10.4 Å². The van der Waals surface area contributed by atoms with Gasteiger partial charge in [0.1, 0.15) is 17.4 Å². The zero-order valence-corrected chi connectivity index (χ0v) is 10.6. The van der Waals surface area contributed by atoms with Gasteiger partial charge < -0.3 is 9.84 Å². The summed E-state index contributed by atoms with van der Waals surface area (Å²) in [6.07, 6.45) is 0. The summed E-state index contributed by atoms with van der Waals surface area (Å²) in [7, 11) is 0. The molecule has 19 heavy (non-hydrogen) atoms. The summed E-state index contributed by atoms with van der Waals surface area (Å²) in [5.74, 6) is -0.363. The quantitative estimate of drug-likeness (QED) is 0.835. The first-order chi connectivity index (χ1) is 9.20. The fourth-order valence-corrected chi connectivity index (χ4v) is 3.18. The van der Waals surface area contributed by atoms with Crippen LogP contribution in [0.5, 0.6) is 11.5 Å². The number of phenolic OH excluding ortho intramolecular Hbond substituents is 1. The number of nitrogens with zero attached hydrogens (tertiary/aromatic N) is 1. The second kappa shape index (κ2) is 4.41. The fourth-order valence-electron chi connectivity index (χ4n) is 2.30. The monoisotopic (exact) mass is 270 g/mol. The van der Waals surface area contributed by atoms with Crippen LogP contribution in [0.15, 0.2) is 35.7 Å². The third kappa shape index (κ3) is 1.86. The largest absolute Gasteiger partial charge is 0.508 e. The highest BCUT2D eigenvalue weighted by atomic mass is 32.1. The Hall–Kier alpha value is -2.32. The van der Waals surface area contributed by atoms with Gasteiger partial charge in [0, 0.05) is 22.4 Å². The zero-order chi connectivity index (χ0) is 13.4. The van der Waals surface area contributed by atoms with Crippen LogP contribution < -0.4 is 4.74 Å². The van der Waals surface area contributed by atoms with Gasteiger partial charge in [0.15, 0.2) is 0 Å². The first-order valence-corrected chi connectivity index (χ1v) is 6.61. The molecule has 2 heterocycles. The van der Waals surface area contributed by atoms with E-state index in [0.717, 1.165) is 10.4 Å². The summed E-state index contributed by atoms with van der Waals surface area (Å²) in [5.41, 5.74) is 0.836. The zero-order valence-electron chi connectivity index (χ0n) is 9.83. The number of hydrogen-bond acceptors (Lipinski definition) is 5. The lowest BCUT2D eigenvalue weighted by molar-refractivity contribution is 0.437. The molecule has 0 saturated heterocycles. The normalized spacial score (nSPS) is 21.3. The van der Waals surface area contributed by atoms with Gasteiger partial charge in [0.2, 0.25) is 5.90 Å². The average molecular weight is 270 g/mol. The van der Waals surface area contributed by atoms with E-state index in [1.165, 1.54) is 6.07 Å². The van der Waals surface area contributed by atoms with Crippen LogP contribution in [0.25, 0.3) is 0 Å². The van der Waals surface area contributed by atoms with Crippen molar-refractivity contribution in [2.75, 3.05) is 0 Å². The van der Waals surface area contributed by atoms with Crippen molar-refractivity contribution in [3.05, 3.63) is 46.2 Å². The highest BCUT2D eigenvalue weighted by molar-refractivity contribution is 7.10. The SMILES string of the molecule is N#CC1C(=N)Oc2cc(O)ccc2C1c1cccs1. The minimum absolute atomic E-state index is 0.0704. The van der Waals surface area contributed by atoms with Gasteiger partial charge in [0.05, 0.1) is 6.07 Å². The highest BCUT2D eigenvalue weighted by Gasteiger charge is 2.37. The maximum atomic E-state index is 9.50. The first-order valence-electron chi connectivity index (χ1n) is 5.73. The lowest BCUT2D eigenvalue weighted by Crippen LogP contribution is -2.30. The van der Waals surface area contributed by atoms with Crippen LogP contribution in [0.3, 0.4) is 0 Å². The summed E-state index contributed by atoms with van der Waals surface area (Å²) >= 11 is 1.55. The molecule has 2 N–H and O–H groups in total. The fraction of sp³-hybridized carbons (Fsp3) is 0.143. The molecular weight excluding hydrogens is 260 g/mol. The summed E-state index contributed by atoms with van der Waals surface area (Å²) < 4.78 is 5.35. The van der Waals surface area contributed by atoms with Crippen molar-refractivity contribution in [2.45, 2.75) is 5.92 Å². The minimum atomic E-state index is -0.629. The Morgan fingerprint density at radius 3 is 2.89 bits per heavy atom. The van der Waals surface area contributed by atoms with E-state index in [-0.39, 0.29) is 17.6 Å². The average Bonchev–Trinajstić information content (AvgIpc) is 2.90. The van der Waals surface area contributed by atoms with Gasteiger partial charge in [-0.1, -0.05) is 12.1 Å². The molecule has 0 radical (unpaired) electrons. The van der Waals surface area contributed by atoms with Crippen LogP contribution in [-0.2, 0) is 0 Å². The predicted octanol–water partition coefficient (Wildman–Crippen LogP) is 3.10. The topological polar surface area (TPSA) is 77.1 Å². The summed E-state index contributed by atoms with van der Waals surface area (Å²) in [5, 5.41) is 28.6. The van der Waals surface area contributed by atoms with Crippen molar-refractivity contribution in [3.63, 3.8) is 0 Å². The van der Waals surface area contributed by atoms with E-state index in [4.69, 9.17) is 10.1 Å². The molecule has 3 rings (SSSR count). The molecule has 2 unspecified atom stereocenters. The van der Waals surface area contributed by atoms with Gasteiger partial charge >= 0.3 is 0 Å². The third-order valence-electron chi connectivity index (χ3n) is 3.16. The van der Waals surface area contributed by atoms with Crippen LogP contribution in [0, 0.1) is 22.7 Å². The third-order valence-corrected chi connectivity index (χ3v) is 4.11. The molecule has 1 aliphatic rings. The van der Waals surface area contributed by atoms with Gasteiger partial charge in [-0.05, 0) is 17.5 Å². The number of phenols is 1. The number of nitriles is 1. The molecule has 0 amide bonds. The number of hydrogen-bond donors (Lipinski definition) is 2. The summed E-state index contributed by atoms with van der Waals surface area (Å²) in [6.45, 7) is 0. The Morgan fingerprint density at radius 2 is 2.21 bits per heavy atom. The predicted molar refractivity (Wildman–Crippen MR) is 71.7 cm³/mol. The summed E-state index contributed by atoms with van der Waals surface area (Å²) in [6, 6.07) is 10.8. The molecular formula is C14H10N2O2S. The minimum Gasteiger partial charge on any atom is -0.508 e. The van der Waals surface area contributed by atoms with E-state index in [1.54, 1.807) is 23.5 Å². The van der Waals surface area contributed by atoms with E-state index in [1.807, 2.05) is 17.5 Å². The van der Waals surface area contributed by atoms with Crippen molar-refractivity contribution >= 4 is 17.2 Å². The van der Waals surface area contributed by atoms with E-state index in [0.29, 0.717) is 5.75 Å². The second-order valence-electron chi connectivity index (χ2n) is 4.29. The van der Waals surface area contributed by atoms with Crippen molar-refractivity contribution < 1.29 is 9.84 Å². The Bertz CT molecular complexity index is 673. The first kappa shape index (κ1) is 11.8. The van der Waals surface area contributed by atoms with E-state index >= 15 is 0 Å². The number of nitrogens with one attached hydrogen (secondary N) is 1. The number of aromatic hydroxyl groups is 1. The molecule has 94 valence electrons. The Kier molecular flexibility index (Phi) is 2.73. The van der Waals surface area contributed by atoms with Crippen LogP contribution in [0.1, 0.15) is 16.4 Å². The van der Waals surface area contributed by atoms with Crippen molar-refractivity contribution in [2.24, 2.45) is 5.92 Å². The molecule has 1 aromatic heterocycles. The second-order valence-corrected chi connectivity index (χ2v) is 5.27. The Labute approximate surface area is 114 Å². The lowest BCUT2D eigenvalue weighted by Gasteiger charge is -2.29. The Balaban J connectivity index is 2.19. The molecule has 4 nitrogen and oxygen atoms in total. The van der Waals surface area contributed by atoms with E-state index < -0.39 is 5.92 Å². The number of thiophene rings is 1. The van der Waals surface area contributed by atoms with Gasteiger partial charge in [-0.2, -0.15) is 5.26 Å². The molecule has 2 atom stereocenters. The van der Waals surface area contributed by atoms with Crippen LogP contribution in [0.2, 0.25) is 0 Å². The molecule has 0 fully saturated rings. The van der Waals surface area contributed by atoms with Crippen LogP contribution in [0.4, 0.5) is 0 Å². The molecule has 0 spiro atoms. The number of fused-ring (bicyclic) bond motifs is 1. The van der Waals surface area contributed by atoms with Crippen molar-refractivity contribution in [1.82, 2.24) is 0 Å². The number of rotatable bonds is 1. The number of ether oxygens (including phenoxy) is 1. The van der Waals surface area contributed by atoms with Crippen molar-refractivity contribution in [3.8, 4) is 17.6 Å². The van der Waals surface area contributed by atoms with Crippen LogP contribution >= 0.6 is 11.3 Å². The molecule has 0 bridgehead atoms. The lowest BCUT2D eigenvalue weighted by atomic mass is 9.83. The van der Waals surface area contributed by atoms with E-state index in [2.05, 4.69) is 6.07 Å². The van der Waals surface area contributed by atoms with Crippen LogP contribution in [-0.4, -0.2) is 11.0 Å². The molecule has 1 aromatic carbocycles. The van der Waals surface area contributed by atoms with Gasteiger partial charge in [-0.15, -0.1) is 11.3 Å². The molecule has 0 saturated carbocycles. The van der Waals surface area contributed by atoms with Crippen molar-refractivity contribution in [1.29, 1.82) is 10.7 Å². The highest BCUT2D eigenvalue weighted by Crippen LogP contribution is 2.44. The maximum Gasteiger partial charge on any atom is 0.205 e. The molecule has 2 aromatic rings. The molecule has 1 aliphatic heterocycles. The van der Waals surface area contributed by atoms with Gasteiger partial charge in [-0.3, -0.25) is 5.41 Å². The Morgan fingerprint density at radius 1 is 1.37 bits per heavy atom. The molecule has 0 aliphatic carbocycles. The smallest absolute Gasteiger partial charge is 0.205 e. The maximum absolute atomic E-state index is 9.50. The van der Waals surface area contributed by atoms with Gasteiger partial charge in [-0.25, -0.2) is 0 Å². The van der Waals surface area contributed by atoms with Gasteiger partial charge in [0.25, 0.3) is 0 Å². The standard InChI is InChI=1S/C14H10N2O2S/c15-7-10-13(12-2-1-5-19-12)9-4-3-8(17)6-11(9)18-14(10)16/h1-6,10,13,16-17H. The number of benzene rings is 1. The summed E-state index contributed by atoms with van der Waals surface area (Å²) in [4.78, 5) is 1.02.